The molecule has 0 saturated carbocycles. The van der Waals surface area contributed by atoms with Crippen LogP contribution >= 0.6 is 11.6 Å². The molecule has 1 aromatic carbocycles. The molecule has 98 valence electrons. The molecular formula is C14H19ClN2O. The molecule has 1 fully saturated rings. The Morgan fingerprint density at radius 2 is 1.94 bits per heavy atom. The van der Waals surface area contributed by atoms with E-state index in [1.165, 1.54) is 19.3 Å². The lowest BCUT2D eigenvalue weighted by molar-refractivity contribution is -0.116. The van der Waals surface area contributed by atoms with E-state index in [-0.39, 0.29) is 5.91 Å². The molecule has 3 nitrogen and oxygen atoms in total. The van der Waals surface area contributed by atoms with Gasteiger partial charge in [-0.1, -0.05) is 30.2 Å². The van der Waals surface area contributed by atoms with Gasteiger partial charge >= 0.3 is 0 Å². The predicted molar refractivity (Wildman–Crippen MR) is 75.0 cm³/mol. The van der Waals surface area contributed by atoms with Gasteiger partial charge in [0.05, 0.1) is 10.7 Å². The summed E-state index contributed by atoms with van der Waals surface area (Å²) in [6.07, 6.45) is 4.37. The molecule has 1 aliphatic heterocycles. The monoisotopic (exact) mass is 266 g/mol. The molecule has 0 radical (unpaired) electrons. The lowest BCUT2D eigenvalue weighted by atomic mass is 10.1. The van der Waals surface area contributed by atoms with Crippen LogP contribution < -0.4 is 5.32 Å². The Hall–Kier alpha value is -1.06. The summed E-state index contributed by atoms with van der Waals surface area (Å²) in [5.74, 6) is 0.0358. The van der Waals surface area contributed by atoms with E-state index in [0.717, 1.165) is 19.6 Å². The van der Waals surface area contributed by atoms with Crippen molar-refractivity contribution < 1.29 is 4.79 Å². The average Bonchev–Trinajstić information content (AvgIpc) is 2.40. The number of nitrogens with one attached hydrogen (secondary N) is 1. The van der Waals surface area contributed by atoms with Crippen molar-refractivity contribution in [3.63, 3.8) is 0 Å². The summed E-state index contributed by atoms with van der Waals surface area (Å²) in [5.41, 5.74) is 0.697. The molecule has 1 saturated heterocycles. The first kappa shape index (κ1) is 13.4. The summed E-state index contributed by atoms with van der Waals surface area (Å²) in [5, 5.41) is 3.44. The zero-order chi connectivity index (χ0) is 12.8. The minimum Gasteiger partial charge on any atom is -0.325 e. The molecule has 2 rings (SSSR count). The Labute approximate surface area is 113 Å². The number of carbonyl (C=O) groups excluding carboxylic acids is 1. The Bertz CT molecular complexity index is 403. The molecule has 0 aliphatic carbocycles. The highest BCUT2D eigenvalue weighted by atomic mass is 35.5. The first-order chi connectivity index (χ1) is 8.75. The van der Waals surface area contributed by atoms with Crippen LogP contribution in [0.5, 0.6) is 0 Å². The number of carbonyl (C=O) groups is 1. The van der Waals surface area contributed by atoms with Crippen molar-refractivity contribution >= 4 is 23.2 Å². The van der Waals surface area contributed by atoms with Gasteiger partial charge in [-0.3, -0.25) is 4.79 Å². The minimum atomic E-state index is 0.0358. The number of halogens is 1. The zero-order valence-electron chi connectivity index (χ0n) is 10.5. The van der Waals surface area contributed by atoms with E-state index in [0.29, 0.717) is 17.1 Å². The summed E-state index contributed by atoms with van der Waals surface area (Å²) < 4.78 is 0. The van der Waals surface area contributed by atoms with Crippen LogP contribution in [0.2, 0.25) is 5.02 Å². The number of anilines is 1. The lowest BCUT2D eigenvalue weighted by Gasteiger charge is -2.25. The molecular weight excluding hydrogens is 248 g/mol. The van der Waals surface area contributed by atoms with Gasteiger partial charge in [0.2, 0.25) is 5.91 Å². The number of benzene rings is 1. The van der Waals surface area contributed by atoms with E-state index in [4.69, 9.17) is 11.6 Å². The smallest absolute Gasteiger partial charge is 0.225 e. The first-order valence-corrected chi connectivity index (χ1v) is 6.90. The summed E-state index contributed by atoms with van der Waals surface area (Å²) in [6.45, 7) is 3.09. The number of nitrogens with zero attached hydrogens (tertiary/aromatic N) is 1. The molecule has 1 heterocycles. The summed E-state index contributed by atoms with van der Waals surface area (Å²) in [6, 6.07) is 7.32. The van der Waals surface area contributed by atoms with Crippen molar-refractivity contribution in [2.45, 2.75) is 25.7 Å². The van der Waals surface area contributed by atoms with Crippen LogP contribution in [-0.4, -0.2) is 30.4 Å². The Morgan fingerprint density at radius 3 is 2.67 bits per heavy atom. The van der Waals surface area contributed by atoms with E-state index in [1.54, 1.807) is 6.07 Å². The highest BCUT2D eigenvalue weighted by Gasteiger charge is 2.12. The molecule has 0 aromatic heterocycles. The molecule has 4 heteroatoms. The van der Waals surface area contributed by atoms with Gasteiger partial charge in [-0.05, 0) is 38.1 Å². The molecule has 0 bridgehead atoms. The second-order valence-corrected chi connectivity index (χ2v) is 5.09. The van der Waals surface area contributed by atoms with Crippen LogP contribution in [0.25, 0.3) is 0 Å². The standard InChI is InChI=1S/C14H19ClN2O/c15-12-6-2-3-7-13(12)16-14(18)8-11-17-9-4-1-5-10-17/h2-3,6-7H,1,4-5,8-11H2,(H,16,18). The largest absolute Gasteiger partial charge is 0.325 e. The molecule has 1 aliphatic rings. The van der Waals surface area contributed by atoms with Gasteiger partial charge in [0.25, 0.3) is 0 Å². The van der Waals surface area contributed by atoms with Gasteiger partial charge in [0.15, 0.2) is 0 Å². The number of likely N-dealkylation sites (tertiary alicyclic amines) is 1. The van der Waals surface area contributed by atoms with Crippen molar-refractivity contribution in [1.82, 2.24) is 4.90 Å². The average molecular weight is 267 g/mol. The van der Waals surface area contributed by atoms with Gasteiger partial charge in [-0.15, -0.1) is 0 Å². The third-order valence-electron chi connectivity index (χ3n) is 3.25. The van der Waals surface area contributed by atoms with Crippen molar-refractivity contribution in [3.05, 3.63) is 29.3 Å². The maximum atomic E-state index is 11.8. The van der Waals surface area contributed by atoms with Crippen LogP contribution in [0.15, 0.2) is 24.3 Å². The fourth-order valence-corrected chi connectivity index (χ4v) is 2.40. The van der Waals surface area contributed by atoms with Crippen LogP contribution in [-0.2, 0) is 4.79 Å². The predicted octanol–water partition coefficient (Wildman–Crippen LogP) is 3.15. The Kier molecular flexibility index (Phi) is 5.02. The second kappa shape index (κ2) is 6.76. The van der Waals surface area contributed by atoms with E-state index >= 15 is 0 Å². The lowest BCUT2D eigenvalue weighted by Crippen LogP contribution is -2.32. The van der Waals surface area contributed by atoms with Crippen molar-refractivity contribution in [2.24, 2.45) is 0 Å². The molecule has 0 spiro atoms. The van der Waals surface area contributed by atoms with E-state index in [9.17, 15) is 4.79 Å². The van der Waals surface area contributed by atoms with Gasteiger partial charge in [0, 0.05) is 13.0 Å². The molecule has 1 N–H and O–H groups in total. The number of hydrogen-bond acceptors (Lipinski definition) is 2. The van der Waals surface area contributed by atoms with Crippen LogP contribution in [0.1, 0.15) is 25.7 Å². The molecule has 0 atom stereocenters. The van der Waals surface area contributed by atoms with Gasteiger partial charge in [0.1, 0.15) is 0 Å². The van der Waals surface area contributed by atoms with Gasteiger partial charge in [-0.25, -0.2) is 0 Å². The van der Waals surface area contributed by atoms with Crippen LogP contribution in [0, 0.1) is 0 Å². The fraction of sp³-hybridized carbons (Fsp3) is 0.500. The van der Waals surface area contributed by atoms with Crippen LogP contribution in [0.4, 0.5) is 5.69 Å². The molecule has 1 aromatic rings. The third-order valence-corrected chi connectivity index (χ3v) is 3.58. The van der Waals surface area contributed by atoms with E-state index in [1.807, 2.05) is 18.2 Å². The number of para-hydroxylation sites is 1. The highest BCUT2D eigenvalue weighted by molar-refractivity contribution is 6.33. The van der Waals surface area contributed by atoms with E-state index < -0.39 is 0 Å². The quantitative estimate of drug-likeness (QED) is 0.908. The SMILES string of the molecule is O=C(CCN1CCCCC1)Nc1ccccc1Cl. The van der Waals surface area contributed by atoms with Gasteiger partial charge < -0.3 is 10.2 Å². The fourth-order valence-electron chi connectivity index (χ4n) is 2.22. The Morgan fingerprint density at radius 1 is 1.22 bits per heavy atom. The first-order valence-electron chi connectivity index (χ1n) is 6.52. The third kappa shape index (κ3) is 4.00. The molecule has 0 unspecified atom stereocenters. The summed E-state index contributed by atoms with van der Waals surface area (Å²) >= 11 is 5.99. The number of amides is 1. The second-order valence-electron chi connectivity index (χ2n) is 4.68. The van der Waals surface area contributed by atoms with E-state index in [2.05, 4.69) is 10.2 Å². The minimum absolute atomic E-state index is 0.0358. The summed E-state index contributed by atoms with van der Waals surface area (Å²) in [4.78, 5) is 14.2. The summed E-state index contributed by atoms with van der Waals surface area (Å²) in [7, 11) is 0. The van der Waals surface area contributed by atoms with Gasteiger partial charge in [-0.2, -0.15) is 0 Å². The zero-order valence-corrected chi connectivity index (χ0v) is 11.2. The maximum Gasteiger partial charge on any atom is 0.225 e. The molecule has 1 amide bonds. The number of rotatable bonds is 4. The normalized spacial score (nSPS) is 16.5. The van der Waals surface area contributed by atoms with Crippen molar-refractivity contribution in [3.8, 4) is 0 Å². The maximum absolute atomic E-state index is 11.8. The molecule has 18 heavy (non-hydrogen) atoms. The highest BCUT2D eigenvalue weighted by Crippen LogP contribution is 2.20. The number of piperidine rings is 1. The number of hydrogen-bond donors (Lipinski definition) is 1. The van der Waals surface area contributed by atoms with Crippen LogP contribution in [0.3, 0.4) is 0 Å². The van der Waals surface area contributed by atoms with Crippen molar-refractivity contribution in [1.29, 1.82) is 0 Å². The topological polar surface area (TPSA) is 32.3 Å². The van der Waals surface area contributed by atoms with Crippen molar-refractivity contribution in [2.75, 3.05) is 25.0 Å². The Balaban J connectivity index is 1.76.